The summed E-state index contributed by atoms with van der Waals surface area (Å²) in [5.74, 6) is -2.71. The fraction of sp³-hybridized carbons (Fsp3) is 0.524. The minimum absolute atomic E-state index is 0.181. The molecule has 0 radical (unpaired) electrons. The Morgan fingerprint density at radius 3 is 1.58 bits per heavy atom. The zero-order chi connectivity index (χ0) is 45.9. The third-order valence-electron chi connectivity index (χ3n) is 10.2. The van der Waals surface area contributed by atoms with Crippen molar-refractivity contribution < 1.29 is 62.3 Å². The average molecular weight is 932 g/mol. The zero-order valence-corrected chi connectivity index (χ0v) is 37.5. The van der Waals surface area contributed by atoms with Crippen LogP contribution in [0, 0.1) is 22.7 Å². The molecule has 62 heavy (non-hydrogen) atoms. The summed E-state index contributed by atoms with van der Waals surface area (Å²) in [4.78, 5) is 84.8. The van der Waals surface area contributed by atoms with Gasteiger partial charge in [0.05, 0.1) is 45.7 Å². The molecule has 3 aromatic rings. The molecule has 4 N–H and O–H groups in total. The van der Waals surface area contributed by atoms with Crippen molar-refractivity contribution in [2.24, 2.45) is 22.7 Å². The number of aliphatic carboxylic acids is 2. The summed E-state index contributed by atoms with van der Waals surface area (Å²) in [5.41, 5.74) is 0.217. The van der Waals surface area contributed by atoms with Crippen LogP contribution in [0.15, 0.2) is 64.0 Å². The largest absolute Gasteiger partial charge is 0.480 e. The van der Waals surface area contributed by atoms with Crippen LogP contribution in [0.4, 0.5) is 9.59 Å². The van der Waals surface area contributed by atoms with E-state index < -0.39 is 70.9 Å². The first kappa shape index (κ1) is 48.7. The molecule has 19 nitrogen and oxygen atoms in total. The highest BCUT2D eigenvalue weighted by Crippen LogP contribution is 2.31. The monoisotopic (exact) mass is 930 g/mol. The summed E-state index contributed by atoms with van der Waals surface area (Å²) in [5, 5.41) is 24.4. The number of hydrogen-bond acceptors (Lipinski definition) is 13. The molecule has 0 saturated carbocycles. The molecule has 0 bridgehead atoms. The Morgan fingerprint density at radius 2 is 1.19 bits per heavy atom. The van der Waals surface area contributed by atoms with Crippen molar-refractivity contribution in [1.29, 1.82) is 0 Å². The maximum Gasteiger partial charge on any atom is 0.407 e. The highest BCUT2D eigenvalue weighted by molar-refractivity contribution is 9.10. The second-order valence-electron chi connectivity index (χ2n) is 17.1. The highest BCUT2D eigenvalue weighted by atomic mass is 79.9. The number of halogens is 1. The predicted octanol–water partition coefficient (Wildman–Crippen LogP) is 5.09. The van der Waals surface area contributed by atoms with Gasteiger partial charge in [-0.15, -0.1) is 0 Å². The van der Waals surface area contributed by atoms with Crippen LogP contribution in [0.3, 0.4) is 0 Å². The van der Waals surface area contributed by atoms with E-state index in [1.54, 1.807) is 84.4 Å². The average Bonchev–Trinajstić information content (AvgIpc) is 4.00. The van der Waals surface area contributed by atoms with Gasteiger partial charge in [0.25, 0.3) is 0 Å². The number of carbonyl (C=O) groups is 6. The molecule has 20 heteroatoms. The smallest absolute Gasteiger partial charge is 0.407 e. The number of ether oxygens (including phenoxy) is 4. The van der Waals surface area contributed by atoms with Gasteiger partial charge in [-0.3, -0.25) is 9.59 Å². The van der Waals surface area contributed by atoms with Gasteiger partial charge in [-0.25, -0.2) is 29.1 Å². The minimum Gasteiger partial charge on any atom is -0.480 e. The van der Waals surface area contributed by atoms with Crippen molar-refractivity contribution >= 4 is 51.9 Å². The fourth-order valence-electron chi connectivity index (χ4n) is 6.97. The van der Waals surface area contributed by atoms with Gasteiger partial charge >= 0.3 is 24.1 Å². The van der Waals surface area contributed by atoms with Gasteiger partial charge < -0.3 is 54.0 Å². The molecule has 0 aliphatic carbocycles. The molecule has 5 heterocycles. The minimum atomic E-state index is -1.10. The third-order valence-corrected chi connectivity index (χ3v) is 10.6. The molecular weight excluding hydrogens is 876 g/mol. The Kier molecular flexibility index (Phi) is 16.7. The number of furan rings is 1. The standard InChI is InChI=1S/C23H29N3O7.C19H26BrN3O6/c1-23(2,3)19(25-22(30)31-4)20(27)26-11-14(10-17(26)21(28)29)12-33-18-7-5-6-16(24-18)15-8-9-32-13-15;1-19(2,3)15(22-18(27)28-4)16(24)23-9-11(8-12(23)17(25)26)10-29-14-7-5-6-13(20)21-14/h5-9,13-14,17,19H,10-12H2,1-4H3,(H,25,30)(H,28,29);5-7,11-12,15H,8-10H2,1-4H3,(H,22,27)(H,25,26)/t14-,17+,19-;11-,12+,15-/m11/s1. The Labute approximate surface area is 367 Å². The van der Waals surface area contributed by atoms with Crippen LogP contribution in [0.2, 0.25) is 0 Å². The number of carboxylic acids is 2. The number of pyridine rings is 2. The number of carbonyl (C=O) groups excluding carboxylic acids is 4. The molecule has 3 aromatic heterocycles. The maximum absolute atomic E-state index is 13.3. The number of carboxylic acid groups (broad SMARTS) is 2. The first-order valence-corrected chi connectivity index (χ1v) is 20.6. The molecule has 2 saturated heterocycles. The molecule has 0 spiro atoms. The SMILES string of the molecule is COC(=O)N[C@H](C(=O)N1C[C@H](COc2cccc(-c3ccoc3)n2)C[C@H]1C(=O)O)C(C)(C)C.COC(=O)N[C@H](C(=O)N1C[C@H](COc2cccc(Br)n2)C[C@H]1C(=O)O)C(C)(C)C. The summed E-state index contributed by atoms with van der Waals surface area (Å²) >= 11 is 3.27. The first-order chi connectivity index (χ1) is 29.1. The van der Waals surface area contributed by atoms with Crippen LogP contribution in [0.25, 0.3) is 11.3 Å². The van der Waals surface area contributed by atoms with Crippen LogP contribution in [0.5, 0.6) is 11.8 Å². The second-order valence-corrected chi connectivity index (χ2v) is 17.9. The molecule has 2 fully saturated rings. The van der Waals surface area contributed by atoms with E-state index in [0.717, 1.165) is 5.56 Å². The van der Waals surface area contributed by atoms with Crippen LogP contribution in [0.1, 0.15) is 54.4 Å². The van der Waals surface area contributed by atoms with E-state index >= 15 is 0 Å². The van der Waals surface area contributed by atoms with Crippen LogP contribution in [-0.4, -0.2) is 131 Å². The normalized spacial score (nSPS) is 19.6. The molecule has 338 valence electrons. The topological polar surface area (TPSA) is 249 Å². The number of alkyl carbamates (subject to hydrolysis) is 2. The molecule has 4 amide bonds. The van der Waals surface area contributed by atoms with Crippen molar-refractivity contribution in [3.05, 3.63) is 59.6 Å². The highest BCUT2D eigenvalue weighted by Gasteiger charge is 2.47. The number of hydrogen-bond donors (Lipinski definition) is 4. The molecule has 0 aromatic carbocycles. The number of nitrogens with one attached hydrogen (secondary N) is 2. The Hall–Kier alpha value is -5.92. The van der Waals surface area contributed by atoms with E-state index in [4.69, 9.17) is 13.9 Å². The summed E-state index contributed by atoms with van der Waals surface area (Å²) in [6.07, 6.45) is 2.13. The van der Waals surface area contributed by atoms with Gasteiger partial charge in [0.15, 0.2) is 0 Å². The quantitative estimate of drug-likeness (QED) is 0.163. The second kappa shape index (κ2) is 21.2. The lowest BCUT2D eigenvalue weighted by Gasteiger charge is -2.34. The molecule has 2 aliphatic rings. The molecule has 0 unspecified atom stereocenters. The Morgan fingerprint density at radius 1 is 0.742 bits per heavy atom. The first-order valence-electron chi connectivity index (χ1n) is 19.8. The lowest BCUT2D eigenvalue weighted by atomic mass is 9.85. The number of rotatable bonds is 13. The summed E-state index contributed by atoms with van der Waals surface area (Å²) < 4.78 is 26.5. The Balaban J connectivity index is 0.000000275. The number of amides is 4. The number of nitrogens with zero attached hydrogens (tertiary/aromatic N) is 4. The van der Waals surface area contributed by atoms with E-state index in [0.29, 0.717) is 22.1 Å². The van der Waals surface area contributed by atoms with Crippen LogP contribution in [-0.2, 0) is 28.7 Å². The van der Waals surface area contributed by atoms with Gasteiger partial charge in [0, 0.05) is 42.6 Å². The zero-order valence-electron chi connectivity index (χ0n) is 36.0. The molecular formula is C42H55BrN6O13. The fourth-order valence-corrected chi connectivity index (χ4v) is 7.30. The van der Waals surface area contributed by atoms with Gasteiger partial charge in [-0.2, -0.15) is 0 Å². The van der Waals surface area contributed by atoms with Gasteiger partial charge in [0.1, 0.15) is 28.8 Å². The van der Waals surface area contributed by atoms with E-state index in [9.17, 15) is 39.0 Å². The van der Waals surface area contributed by atoms with E-state index in [1.807, 2.05) is 12.1 Å². The van der Waals surface area contributed by atoms with Crippen molar-refractivity contribution in [3.8, 4) is 23.0 Å². The summed E-state index contributed by atoms with van der Waals surface area (Å²) in [7, 11) is 2.41. The van der Waals surface area contributed by atoms with E-state index in [2.05, 4.69) is 46.0 Å². The third kappa shape index (κ3) is 13.3. The summed E-state index contributed by atoms with van der Waals surface area (Å²) in [6.45, 7) is 11.5. The van der Waals surface area contributed by atoms with Crippen molar-refractivity contribution in [1.82, 2.24) is 30.4 Å². The number of aromatic nitrogens is 2. The molecule has 2 aliphatic heterocycles. The van der Waals surface area contributed by atoms with Crippen LogP contribution >= 0.6 is 15.9 Å². The number of methoxy groups -OCH3 is 2. The van der Waals surface area contributed by atoms with Crippen molar-refractivity contribution in [2.45, 2.75) is 78.6 Å². The van der Waals surface area contributed by atoms with E-state index in [1.165, 1.54) is 24.0 Å². The molecule has 5 rings (SSSR count). The summed E-state index contributed by atoms with van der Waals surface area (Å²) in [6, 6.07) is 8.51. The Bertz CT molecular complexity index is 2040. The lowest BCUT2D eigenvalue weighted by Crippen LogP contribution is -2.56. The number of likely N-dealkylation sites (tertiary alicyclic amines) is 2. The predicted molar refractivity (Wildman–Crippen MR) is 225 cm³/mol. The van der Waals surface area contributed by atoms with Gasteiger partial charge in [0.2, 0.25) is 23.6 Å². The van der Waals surface area contributed by atoms with Gasteiger partial charge in [-0.05, 0) is 57.8 Å². The van der Waals surface area contributed by atoms with E-state index in [-0.39, 0.29) is 51.0 Å². The van der Waals surface area contributed by atoms with Crippen molar-refractivity contribution in [2.75, 3.05) is 40.5 Å². The van der Waals surface area contributed by atoms with Crippen molar-refractivity contribution in [3.63, 3.8) is 0 Å². The lowest BCUT2D eigenvalue weighted by molar-refractivity contribution is -0.150. The van der Waals surface area contributed by atoms with Gasteiger partial charge in [-0.1, -0.05) is 53.7 Å². The maximum atomic E-state index is 13.3. The van der Waals surface area contributed by atoms with Crippen LogP contribution < -0.4 is 20.1 Å². The molecule has 6 atom stereocenters.